The maximum atomic E-state index is 14.4. The van der Waals surface area contributed by atoms with Gasteiger partial charge in [0.15, 0.2) is 0 Å². The highest BCUT2D eigenvalue weighted by atomic mass is 16.5. The van der Waals surface area contributed by atoms with Crippen LogP contribution in [0.15, 0.2) is 97.1 Å². The highest BCUT2D eigenvalue weighted by Crippen LogP contribution is 2.30. The predicted molar refractivity (Wildman–Crippen MR) is 287 cm³/mol. The zero-order valence-electron chi connectivity index (χ0n) is 44.7. The summed E-state index contributed by atoms with van der Waals surface area (Å²) in [7, 11) is 0. The number of fused-ring (bicyclic) bond motifs is 2. The van der Waals surface area contributed by atoms with Gasteiger partial charge in [-0.1, -0.05) is 87.4 Å². The van der Waals surface area contributed by atoms with E-state index in [1.165, 1.54) is 43.3 Å². The van der Waals surface area contributed by atoms with Gasteiger partial charge in [0, 0.05) is 37.4 Å². The SMILES string of the molecule is CCCCCOc1ccc(-c2ccc(-c3ccc(C(=O)N[C@H]4C[C@@H](O)NC(=O)[C@@H]5[C@@H](O)[C@@H](C)CN5C(=O)[C@H]([C@@H](C)O)NC(=O)[C@H]([C@H](O)[C@@H](O)c5ccc(O)cc5)NC(=O)[C@@H]5C[C@@H](O)CN5C(=O)[C@H]([C@@H](C)O)NC4=O)cc3)cc2)cc1. The summed E-state index contributed by atoms with van der Waals surface area (Å²) in [6.07, 6.45) is -10.9. The van der Waals surface area contributed by atoms with Crippen molar-refractivity contribution < 1.29 is 79.2 Å². The summed E-state index contributed by atoms with van der Waals surface area (Å²) in [6.45, 7) is 5.62. The summed E-state index contributed by atoms with van der Waals surface area (Å²) < 4.78 is 5.84. The number of rotatable bonds is 14. The average Bonchev–Trinajstić information content (AvgIpc) is 3.98. The first-order valence-electron chi connectivity index (χ1n) is 26.7. The molecule has 3 heterocycles. The molecule has 3 saturated heterocycles. The molecule has 0 aliphatic carbocycles. The fourth-order valence-electron chi connectivity index (χ4n) is 10.1. The number of phenolic OH excluding ortho intramolecular Hbond substituents is 1. The van der Waals surface area contributed by atoms with Crippen molar-refractivity contribution in [3.05, 3.63) is 108 Å². The Hall–Kier alpha value is -7.51. The molecule has 3 fully saturated rings. The Kier molecular flexibility index (Phi) is 20.0. The topological polar surface area (TPSA) is 357 Å². The summed E-state index contributed by atoms with van der Waals surface area (Å²) >= 11 is 0. The van der Waals surface area contributed by atoms with Crippen molar-refractivity contribution in [3.63, 3.8) is 0 Å². The third-order valence-electron chi connectivity index (χ3n) is 14.7. The maximum absolute atomic E-state index is 14.4. The molecule has 0 aromatic heterocycles. The molecule has 7 rings (SSSR count). The van der Waals surface area contributed by atoms with Gasteiger partial charge < -0.3 is 82.0 Å². The monoisotopic (exact) mass is 1110 g/mol. The molecule has 23 heteroatoms. The van der Waals surface area contributed by atoms with Gasteiger partial charge in [-0.3, -0.25) is 33.6 Å². The van der Waals surface area contributed by atoms with Crippen molar-refractivity contribution in [1.29, 1.82) is 0 Å². The smallest absolute Gasteiger partial charge is 0.251 e. The van der Waals surface area contributed by atoms with Crippen LogP contribution in [0.3, 0.4) is 0 Å². The quantitative estimate of drug-likeness (QED) is 0.0722. The Morgan fingerprint density at radius 2 is 1.16 bits per heavy atom. The molecule has 4 aromatic carbocycles. The first-order chi connectivity index (χ1) is 38.1. The van der Waals surface area contributed by atoms with Crippen LogP contribution in [0.25, 0.3) is 22.3 Å². The van der Waals surface area contributed by atoms with Crippen molar-refractivity contribution in [2.45, 2.75) is 139 Å². The standard InChI is InChI=1S/C57H71N7O16/c1-5-6-7-24-80-40-22-18-35(19-23-40)33-10-8-32(9-11-33)34-12-14-37(15-13-34)51(73)58-41-26-43(69)59-55(77)47-48(70)29(2)27-64(47)57(79)45(31(4)66)61-54(76)46(50(72)49(71)36-16-20-38(67)21-17-36)62-53(75)42-25-39(68)28-63(42)56(78)44(30(3)65)60-52(41)74/h8-23,29-31,39,41-50,65-72H,5-7,24-28H2,1-4H3,(H,58,73)(H,59,77)(H,60,74)(H,61,76)(H,62,75)/t29-,30+,31+,39+,41-,42-,43+,44-,45-,46-,47-,48-,49-,50-/m0/s1. The van der Waals surface area contributed by atoms with Gasteiger partial charge >= 0.3 is 0 Å². The molecule has 430 valence electrons. The number of carbonyl (C=O) groups is 7. The van der Waals surface area contributed by atoms with Crippen LogP contribution < -0.4 is 31.3 Å². The molecule has 0 bridgehead atoms. The second kappa shape index (κ2) is 26.6. The number of ether oxygens (including phenoxy) is 1. The third-order valence-corrected chi connectivity index (χ3v) is 14.7. The van der Waals surface area contributed by atoms with E-state index in [9.17, 15) is 74.4 Å². The van der Waals surface area contributed by atoms with Crippen molar-refractivity contribution >= 4 is 41.4 Å². The minimum atomic E-state index is -2.27. The number of hydrogen-bond donors (Lipinski definition) is 13. The van der Waals surface area contributed by atoms with Crippen LogP contribution in [0.4, 0.5) is 0 Å². The minimum Gasteiger partial charge on any atom is -0.508 e. The van der Waals surface area contributed by atoms with E-state index in [2.05, 4.69) is 33.5 Å². The molecule has 3 aliphatic heterocycles. The van der Waals surface area contributed by atoms with Gasteiger partial charge in [-0.15, -0.1) is 0 Å². The van der Waals surface area contributed by atoms with E-state index in [-0.39, 0.29) is 23.4 Å². The lowest BCUT2D eigenvalue weighted by Gasteiger charge is -2.35. The Morgan fingerprint density at radius 1 is 0.637 bits per heavy atom. The summed E-state index contributed by atoms with van der Waals surface area (Å²) in [4.78, 5) is 102. The first-order valence-corrected chi connectivity index (χ1v) is 26.7. The van der Waals surface area contributed by atoms with Gasteiger partial charge in [0.05, 0.1) is 31.0 Å². The van der Waals surface area contributed by atoms with Crippen LogP contribution in [0.2, 0.25) is 0 Å². The molecule has 3 aliphatic rings. The minimum absolute atomic E-state index is 0.0409. The van der Waals surface area contributed by atoms with E-state index in [4.69, 9.17) is 4.74 Å². The molecule has 0 unspecified atom stereocenters. The van der Waals surface area contributed by atoms with Gasteiger partial charge in [-0.25, -0.2) is 0 Å². The molecular formula is C57H71N7O16. The number of benzene rings is 4. The fourth-order valence-corrected chi connectivity index (χ4v) is 10.1. The van der Waals surface area contributed by atoms with E-state index >= 15 is 0 Å². The van der Waals surface area contributed by atoms with Crippen LogP contribution in [0, 0.1) is 5.92 Å². The fraction of sp³-hybridized carbons (Fsp3) is 0.456. The molecule has 0 spiro atoms. The maximum Gasteiger partial charge on any atom is 0.251 e. The van der Waals surface area contributed by atoms with Crippen molar-refractivity contribution in [2.24, 2.45) is 5.92 Å². The lowest BCUT2D eigenvalue weighted by atomic mass is 9.96. The summed E-state index contributed by atoms with van der Waals surface area (Å²) in [5, 5.41) is 100. The lowest BCUT2D eigenvalue weighted by Crippen LogP contribution is -2.64. The number of unbranched alkanes of at least 4 members (excludes halogenated alkanes) is 2. The van der Waals surface area contributed by atoms with Crippen LogP contribution in [0.5, 0.6) is 11.5 Å². The predicted octanol–water partition coefficient (Wildman–Crippen LogP) is -0.288. The van der Waals surface area contributed by atoms with Gasteiger partial charge in [0.1, 0.15) is 66.2 Å². The van der Waals surface area contributed by atoms with E-state index in [0.717, 1.165) is 70.9 Å². The summed E-state index contributed by atoms with van der Waals surface area (Å²) in [5.74, 6) is -8.31. The number of nitrogens with zero attached hydrogens (tertiary/aromatic N) is 2. The number of aromatic hydroxyl groups is 1. The molecule has 7 amide bonds. The summed E-state index contributed by atoms with van der Waals surface area (Å²) in [5.41, 5.74) is 3.48. The highest BCUT2D eigenvalue weighted by Gasteiger charge is 2.50. The second-order valence-corrected chi connectivity index (χ2v) is 20.8. The zero-order chi connectivity index (χ0) is 58.1. The van der Waals surface area contributed by atoms with Crippen molar-refractivity contribution in [3.8, 4) is 33.8 Å². The largest absolute Gasteiger partial charge is 0.508 e. The molecule has 80 heavy (non-hydrogen) atoms. The number of phenols is 1. The number of hydrogen-bond acceptors (Lipinski definition) is 16. The molecule has 13 N–H and O–H groups in total. The highest BCUT2D eigenvalue weighted by molar-refractivity contribution is 6.00. The van der Waals surface area contributed by atoms with E-state index in [1.807, 2.05) is 48.5 Å². The first kappa shape index (κ1) is 60.1. The molecule has 23 nitrogen and oxygen atoms in total. The normalized spacial score (nSPS) is 26.8. The number of aliphatic hydroxyl groups is 7. The Balaban J connectivity index is 1.17. The lowest BCUT2D eigenvalue weighted by molar-refractivity contribution is -0.148. The van der Waals surface area contributed by atoms with Crippen molar-refractivity contribution in [2.75, 3.05) is 19.7 Å². The van der Waals surface area contributed by atoms with Crippen LogP contribution >= 0.6 is 0 Å². The number of nitrogens with one attached hydrogen (secondary N) is 5. The molecule has 0 radical (unpaired) electrons. The summed E-state index contributed by atoms with van der Waals surface area (Å²) in [6, 6.07) is 15.2. The Bertz CT molecular complexity index is 2820. The third kappa shape index (κ3) is 14.3. The van der Waals surface area contributed by atoms with E-state index in [1.54, 1.807) is 12.1 Å². The van der Waals surface area contributed by atoms with Gasteiger partial charge in [0.2, 0.25) is 35.4 Å². The van der Waals surface area contributed by atoms with Gasteiger partial charge in [-0.2, -0.15) is 0 Å². The molecular weight excluding hydrogens is 1040 g/mol. The van der Waals surface area contributed by atoms with Gasteiger partial charge in [0.25, 0.3) is 5.91 Å². The molecule has 4 aromatic rings. The van der Waals surface area contributed by atoms with Crippen LogP contribution in [-0.4, -0.2) is 185 Å². The van der Waals surface area contributed by atoms with E-state index < -0.39 is 146 Å². The van der Waals surface area contributed by atoms with E-state index in [0.29, 0.717) is 6.61 Å². The van der Waals surface area contributed by atoms with Crippen LogP contribution in [0.1, 0.15) is 81.8 Å². The number of amides is 7. The van der Waals surface area contributed by atoms with Crippen LogP contribution in [-0.2, 0) is 28.8 Å². The van der Waals surface area contributed by atoms with Crippen molar-refractivity contribution in [1.82, 2.24) is 36.4 Å². The molecule has 0 saturated carbocycles. The number of carbonyl (C=O) groups excluding carboxylic acids is 7. The number of aliphatic hydroxyl groups excluding tert-OH is 7. The van der Waals surface area contributed by atoms with Gasteiger partial charge in [-0.05, 0) is 84.5 Å². The zero-order valence-corrected chi connectivity index (χ0v) is 44.7. The average molecular weight is 1110 g/mol. The Morgan fingerprint density at radius 3 is 1.73 bits per heavy atom. The second-order valence-electron chi connectivity index (χ2n) is 20.8. The molecule has 14 atom stereocenters. The Labute approximate surface area is 461 Å².